The number of aromatic nitrogens is 2. The van der Waals surface area contributed by atoms with Crippen molar-refractivity contribution >= 4 is 18.9 Å². The van der Waals surface area contributed by atoms with E-state index in [9.17, 15) is 8.78 Å². The third-order valence-electron chi connectivity index (χ3n) is 3.74. The molecule has 0 amide bonds. The lowest BCUT2D eigenvalue weighted by Gasteiger charge is -2.27. The lowest BCUT2D eigenvalue weighted by Crippen LogP contribution is -2.26. The first-order valence-corrected chi connectivity index (χ1v) is 7.33. The van der Waals surface area contributed by atoms with Gasteiger partial charge >= 0.3 is 0 Å². The number of nitrogens with zero attached hydrogens (tertiary/aromatic N) is 2. The van der Waals surface area contributed by atoms with Crippen LogP contribution in [-0.4, -0.2) is 29.4 Å². The number of aliphatic imine (C=N–C) groups is 1. The van der Waals surface area contributed by atoms with Gasteiger partial charge < -0.3 is 19.3 Å². The maximum absolute atomic E-state index is 13.7. The number of nitrogens with one attached hydrogen (secondary N) is 1. The minimum absolute atomic E-state index is 0.104. The number of ether oxygens (including phenoxy) is 1. The van der Waals surface area contributed by atoms with E-state index in [1.807, 2.05) is 10.8 Å². The van der Waals surface area contributed by atoms with E-state index >= 15 is 0 Å². The summed E-state index contributed by atoms with van der Waals surface area (Å²) < 4.78 is 35.1. The van der Waals surface area contributed by atoms with Crippen LogP contribution in [0, 0.1) is 16.4 Å². The van der Waals surface area contributed by atoms with E-state index < -0.39 is 11.6 Å². The Hall–Kier alpha value is -2.02. The topological polar surface area (TPSA) is 42.3 Å². The lowest BCUT2D eigenvalue weighted by molar-refractivity contribution is 0.210. The second kappa shape index (κ2) is 6.00. The summed E-state index contributed by atoms with van der Waals surface area (Å²) in [6.45, 7) is 4.34. The predicted molar refractivity (Wildman–Crippen MR) is 82.3 cm³/mol. The molecule has 1 aliphatic heterocycles. The lowest BCUT2D eigenvalue weighted by atomic mass is 10.0. The van der Waals surface area contributed by atoms with Crippen molar-refractivity contribution in [3.8, 4) is 5.75 Å². The van der Waals surface area contributed by atoms with E-state index in [4.69, 9.17) is 17.0 Å². The molecule has 0 saturated heterocycles. The first-order chi connectivity index (χ1) is 10.6. The summed E-state index contributed by atoms with van der Waals surface area (Å²) in [7, 11) is 0. The van der Waals surface area contributed by atoms with E-state index in [-0.39, 0.29) is 18.4 Å². The van der Waals surface area contributed by atoms with Crippen LogP contribution >= 0.6 is 12.2 Å². The SMILES string of the molecule is C=NCCc1c[nH]c(=S)n1[C@@H]1COc2c(F)cc(F)cc2C1. The molecule has 7 heteroatoms. The van der Waals surface area contributed by atoms with E-state index in [0.29, 0.717) is 29.7 Å². The van der Waals surface area contributed by atoms with Crippen LogP contribution in [0.1, 0.15) is 17.3 Å². The molecule has 1 aliphatic rings. The number of imidazole rings is 1. The molecule has 0 bridgehead atoms. The first-order valence-electron chi connectivity index (χ1n) is 6.92. The first kappa shape index (κ1) is 14.9. The van der Waals surface area contributed by atoms with Crippen molar-refractivity contribution in [1.82, 2.24) is 9.55 Å². The number of hydrogen-bond acceptors (Lipinski definition) is 3. The van der Waals surface area contributed by atoms with E-state index in [0.717, 1.165) is 11.8 Å². The Balaban J connectivity index is 1.93. The van der Waals surface area contributed by atoms with Crippen molar-refractivity contribution in [1.29, 1.82) is 0 Å². The van der Waals surface area contributed by atoms with Crippen LogP contribution in [0.4, 0.5) is 8.78 Å². The summed E-state index contributed by atoms with van der Waals surface area (Å²) in [6, 6.07) is 2.04. The molecule has 2 heterocycles. The number of fused-ring (bicyclic) bond motifs is 1. The summed E-state index contributed by atoms with van der Waals surface area (Å²) in [6.07, 6.45) is 2.98. The second-order valence-corrected chi connectivity index (χ2v) is 5.58. The maximum Gasteiger partial charge on any atom is 0.177 e. The van der Waals surface area contributed by atoms with Gasteiger partial charge in [-0.1, -0.05) is 0 Å². The summed E-state index contributed by atoms with van der Waals surface area (Å²) in [5.41, 5.74) is 1.50. The molecule has 3 rings (SSSR count). The molecule has 1 aromatic carbocycles. The average Bonchev–Trinajstić information content (AvgIpc) is 2.85. The number of H-pyrrole nitrogens is 1. The molecule has 116 valence electrons. The van der Waals surface area contributed by atoms with Crippen molar-refractivity contribution < 1.29 is 13.5 Å². The van der Waals surface area contributed by atoms with Crippen LogP contribution < -0.4 is 4.74 Å². The monoisotopic (exact) mass is 323 g/mol. The molecule has 1 atom stereocenters. The summed E-state index contributed by atoms with van der Waals surface area (Å²) in [4.78, 5) is 6.85. The van der Waals surface area contributed by atoms with E-state index in [1.165, 1.54) is 6.07 Å². The van der Waals surface area contributed by atoms with Gasteiger partial charge in [-0.15, -0.1) is 0 Å². The summed E-state index contributed by atoms with van der Waals surface area (Å²) >= 11 is 5.31. The van der Waals surface area contributed by atoms with Crippen LogP contribution in [0.5, 0.6) is 5.75 Å². The van der Waals surface area contributed by atoms with Gasteiger partial charge in [-0.25, -0.2) is 8.78 Å². The van der Waals surface area contributed by atoms with Crippen molar-refractivity contribution in [3.63, 3.8) is 0 Å². The molecule has 0 radical (unpaired) electrons. The molecule has 0 fully saturated rings. The van der Waals surface area contributed by atoms with Crippen LogP contribution in [0.3, 0.4) is 0 Å². The van der Waals surface area contributed by atoms with E-state index in [2.05, 4.69) is 16.7 Å². The Morgan fingerprint density at radius 2 is 2.27 bits per heavy atom. The highest BCUT2D eigenvalue weighted by molar-refractivity contribution is 7.71. The van der Waals surface area contributed by atoms with Crippen LogP contribution in [0.25, 0.3) is 0 Å². The Bertz CT molecular complexity index is 769. The molecule has 2 aromatic rings. The standard InChI is InChI=1S/C15H15F2N3OS/c1-18-3-2-11-7-19-15(22)20(11)12-5-9-4-10(16)6-13(17)14(9)21-8-12/h4,6-7,12H,1-3,5,8H2,(H,19,22)/t12-/m0/s1. The van der Waals surface area contributed by atoms with Crippen LogP contribution in [0.15, 0.2) is 23.3 Å². The van der Waals surface area contributed by atoms with Gasteiger partial charge in [0, 0.05) is 42.9 Å². The zero-order valence-corrected chi connectivity index (χ0v) is 12.6. The van der Waals surface area contributed by atoms with Gasteiger partial charge in [-0.2, -0.15) is 0 Å². The van der Waals surface area contributed by atoms with Crippen molar-refractivity contribution in [2.24, 2.45) is 4.99 Å². The normalized spacial score (nSPS) is 16.9. The Morgan fingerprint density at radius 3 is 3.05 bits per heavy atom. The van der Waals surface area contributed by atoms with Crippen molar-refractivity contribution in [2.45, 2.75) is 18.9 Å². The van der Waals surface area contributed by atoms with Gasteiger partial charge in [0.1, 0.15) is 12.4 Å². The number of aromatic amines is 1. The Morgan fingerprint density at radius 1 is 1.45 bits per heavy atom. The highest BCUT2D eigenvalue weighted by Crippen LogP contribution is 2.33. The minimum atomic E-state index is -0.665. The highest BCUT2D eigenvalue weighted by Gasteiger charge is 2.26. The van der Waals surface area contributed by atoms with Gasteiger partial charge in [0.05, 0.1) is 6.04 Å². The van der Waals surface area contributed by atoms with Gasteiger partial charge in [-0.05, 0) is 25.0 Å². The molecule has 0 unspecified atom stereocenters. The fourth-order valence-corrected chi connectivity index (χ4v) is 3.11. The fourth-order valence-electron chi connectivity index (χ4n) is 2.79. The Labute approximate surface area is 131 Å². The minimum Gasteiger partial charge on any atom is -0.488 e. The second-order valence-electron chi connectivity index (χ2n) is 5.20. The fraction of sp³-hybridized carbons (Fsp3) is 0.333. The maximum atomic E-state index is 13.7. The molecular formula is C15H15F2N3OS. The molecule has 1 aromatic heterocycles. The van der Waals surface area contributed by atoms with Gasteiger partial charge in [0.15, 0.2) is 16.3 Å². The largest absolute Gasteiger partial charge is 0.488 e. The average molecular weight is 323 g/mol. The van der Waals surface area contributed by atoms with Crippen LogP contribution in [-0.2, 0) is 12.8 Å². The number of benzene rings is 1. The number of rotatable bonds is 4. The molecule has 0 saturated carbocycles. The molecule has 0 aliphatic carbocycles. The van der Waals surface area contributed by atoms with Crippen LogP contribution in [0.2, 0.25) is 0 Å². The van der Waals surface area contributed by atoms with Gasteiger partial charge in [0.2, 0.25) is 0 Å². The zero-order chi connectivity index (χ0) is 15.7. The third kappa shape index (κ3) is 2.68. The molecule has 0 spiro atoms. The van der Waals surface area contributed by atoms with Crippen molar-refractivity contribution in [2.75, 3.05) is 13.2 Å². The molecule has 1 N–H and O–H groups in total. The summed E-state index contributed by atoms with van der Waals surface area (Å²) in [5, 5.41) is 0. The molecular weight excluding hydrogens is 308 g/mol. The van der Waals surface area contributed by atoms with Gasteiger partial charge in [-0.3, -0.25) is 0 Å². The van der Waals surface area contributed by atoms with E-state index in [1.54, 1.807) is 0 Å². The predicted octanol–water partition coefficient (Wildman–Crippen LogP) is 3.24. The zero-order valence-electron chi connectivity index (χ0n) is 11.8. The number of halogens is 2. The highest BCUT2D eigenvalue weighted by atomic mass is 32.1. The van der Waals surface area contributed by atoms with Gasteiger partial charge in [0.25, 0.3) is 0 Å². The third-order valence-corrected chi connectivity index (χ3v) is 4.06. The van der Waals surface area contributed by atoms with Crippen molar-refractivity contribution in [3.05, 3.63) is 46.0 Å². The molecule has 4 nitrogen and oxygen atoms in total. The Kier molecular flexibility index (Phi) is 4.06. The molecule has 22 heavy (non-hydrogen) atoms. The summed E-state index contributed by atoms with van der Waals surface area (Å²) in [5.74, 6) is -1.13. The number of hydrogen-bond donors (Lipinski definition) is 1. The smallest absolute Gasteiger partial charge is 0.177 e. The quantitative estimate of drug-likeness (QED) is 0.693.